The van der Waals surface area contributed by atoms with Crippen molar-refractivity contribution in [3.05, 3.63) is 113 Å². The lowest BCUT2D eigenvalue weighted by atomic mass is 9.91. The van der Waals surface area contributed by atoms with Crippen LogP contribution < -0.4 is 9.47 Å². The number of rotatable bonds is 10. The van der Waals surface area contributed by atoms with E-state index in [1.54, 1.807) is 46.0 Å². The van der Waals surface area contributed by atoms with E-state index in [-0.39, 0.29) is 68.0 Å². The Kier molecular flexibility index (Phi) is 11.1. The molecule has 2 aliphatic rings. The number of fused-ring (bicyclic) bond motifs is 1. The molecule has 2 aromatic heterocycles. The van der Waals surface area contributed by atoms with Crippen LogP contribution in [0.5, 0.6) is 11.8 Å². The molecule has 1 fully saturated rings. The van der Waals surface area contributed by atoms with Gasteiger partial charge in [0.25, 0.3) is 5.92 Å². The zero-order valence-corrected chi connectivity index (χ0v) is 31.9. The van der Waals surface area contributed by atoms with E-state index >= 15 is 17.6 Å². The molecule has 294 valence electrons. The number of halogens is 4. The number of hydrogen-bond donors (Lipinski definition) is 0. The van der Waals surface area contributed by atoms with Crippen molar-refractivity contribution in [3.8, 4) is 23.0 Å². The number of amides is 1. The largest absolute Gasteiger partial charge is 0.473 e. The van der Waals surface area contributed by atoms with Crippen LogP contribution in [0.15, 0.2) is 84.9 Å². The number of carbonyl (C=O) groups excluding carboxylic acids is 1. The Labute approximate surface area is 323 Å². The number of aromatic nitrogens is 3. The maximum atomic E-state index is 16.5. The predicted molar refractivity (Wildman–Crippen MR) is 205 cm³/mol. The Bertz CT molecular complexity index is 2220. The second-order valence-electron chi connectivity index (χ2n) is 15.4. The summed E-state index contributed by atoms with van der Waals surface area (Å²) in [4.78, 5) is 20.0. The van der Waals surface area contributed by atoms with Crippen molar-refractivity contribution in [1.29, 1.82) is 0 Å². The van der Waals surface area contributed by atoms with Crippen LogP contribution in [0.2, 0.25) is 0 Å². The van der Waals surface area contributed by atoms with E-state index in [1.165, 1.54) is 10.7 Å². The average molecular weight is 772 g/mol. The normalized spacial score (nSPS) is 17.5. The van der Waals surface area contributed by atoms with E-state index in [2.05, 4.69) is 10.1 Å². The van der Waals surface area contributed by atoms with Gasteiger partial charge in [0.2, 0.25) is 11.8 Å². The number of nitrogens with zero attached hydrogens (tertiary/aromatic N) is 5. The molecule has 0 bridgehead atoms. The van der Waals surface area contributed by atoms with E-state index in [1.807, 2.05) is 65.6 Å². The first-order chi connectivity index (χ1) is 26.8. The molecule has 0 saturated carbocycles. The second-order valence-corrected chi connectivity index (χ2v) is 15.4. The van der Waals surface area contributed by atoms with E-state index < -0.39 is 41.7 Å². The first kappa shape index (κ1) is 38.8. The Hall–Kier alpha value is -5.43. The van der Waals surface area contributed by atoms with Crippen LogP contribution in [0, 0.1) is 17.6 Å². The molecule has 56 heavy (non-hydrogen) atoms. The quantitative estimate of drug-likeness (QED) is 0.131. The Morgan fingerprint density at radius 1 is 0.929 bits per heavy atom. The number of benzene rings is 3. The molecule has 0 radical (unpaired) electrons. The number of carbonyl (C=O) groups is 1. The van der Waals surface area contributed by atoms with Crippen molar-refractivity contribution >= 4 is 22.6 Å². The minimum absolute atomic E-state index is 0.0901. The van der Waals surface area contributed by atoms with Gasteiger partial charge in [-0.25, -0.2) is 22.4 Å². The summed E-state index contributed by atoms with van der Waals surface area (Å²) in [6.45, 7) is 5.68. The van der Waals surface area contributed by atoms with Gasteiger partial charge in [0.1, 0.15) is 35.8 Å². The second kappa shape index (κ2) is 16.0. The highest BCUT2D eigenvalue weighted by Gasteiger charge is 2.47. The molecule has 9 nitrogen and oxygen atoms in total. The van der Waals surface area contributed by atoms with Gasteiger partial charge in [0, 0.05) is 50.6 Å². The van der Waals surface area contributed by atoms with E-state index in [0.717, 1.165) is 16.0 Å². The molecular weight excluding hydrogens is 726 g/mol. The molecule has 4 heterocycles. The topological polar surface area (TPSA) is 82.0 Å². The molecule has 5 aromatic rings. The van der Waals surface area contributed by atoms with Crippen LogP contribution in [0.25, 0.3) is 27.7 Å². The third-order valence-corrected chi connectivity index (χ3v) is 10.0. The van der Waals surface area contributed by atoms with Crippen LogP contribution in [0.4, 0.5) is 22.4 Å². The van der Waals surface area contributed by atoms with Crippen LogP contribution in [0.3, 0.4) is 0 Å². The monoisotopic (exact) mass is 771 g/mol. The third kappa shape index (κ3) is 8.67. The number of piperidine rings is 1. The molecule has 7 rings (SSSR count). The maximum absolute atomic E-state index is 16.5. The highest BCUT2D eigenvalue weighted by molar-refractivity contribution is 5.96. The lowest BCUT2D eigenvalue weighted by Crippen LogP contribution is -2.54. The van der Waals surface area contributed by atoms with Gasteiger partial charge in [-0.2, -0.15) is 10.1 Å². The molecule has 13 heteroatoms. The molecule has 1 atom stereocenters. The summed E-state index contributed by atoms with van der Waals surface area (Å²) in [5, 5.41) is 4.87. The minimum atomic E-state index is -3.11. The Balaban J connectivity index is 1.11. The minimum Gasteiger partial charge on any atom is -0.473 e. The lowest BCUT2D eigenvalue weighted by molar-refractivity contribution is -0.116. The number of hydrogen-bond acceptors (Lipinski definition) is 7. The van der Waals surface area contributed by atoms with Gasteiger partial charge in [-0.3, -0.25) is 9.58 Å². The molecule has 0 aliphatic carbocycles. The number of alkyl halides is 2. The predicted octanol–water partition coefficient (Wildman–Crippen LogP) is 9.05. The van der Waals surface area contributed by atoms with Crippen LogP contribution in [0.1, 0.15) is 50.3 Å². The smallest absolute Gasteiger partial charge is 0.410 e. The fourth-order valence-electron chi connectivity index (χ4n) is 7.21. The SMILES string of the molecule is Cn1nc(-c2ccc(OCc3ccccc3)nc2OCc2ccccc2)c2cc(F)c(C3=CCN(CC4CCN(C(=O)OC(C)(C)C)CC4(F)F)CC3)c(F)c21. The Morgan fingerprint density at radius 2 is 1.61 bits per heavy atom. The third-order valence-electron chi connectivity index (χ3n) is 10.0. The van der Waals surface area contributed by atoms with Crippen molar-refractivity contribution in [1.82, 2.24) is 24.6 Å². The fraction of sp³-hybridized carbons (Fsp3) is 0.372. The molecule has 3 aromatic carbocycles. The number of ether oxygens (including phenoxy) is 3. The first-order valence-corrected chi connectivity index (χ1v) is 18.7. The van der Waals surface area contributed by atoms with Crippen molar-refractivity contribution < 1.29 is 36.6 Å². The van der Waals surface area contributed by atoms with Crippen molar-refractivity contribution in [2.24, 2.45) is 13.0 Å². The summed E-state index contributed by atoms with van der Waals surface area (Å²) >= 11 is 0. The molecule has 2 aliphatic heterocycles. The standard InChI is InChI=1S/C43H45F4N5O4/c1-42(2,3)56-41(53)52-22-19-31(43(46,47)27-52)24-51-20-17-30(18-21-51)36-34(44)23-33-38(49-50(4)39(33)37(36)45)32-15-16-35(54-25-28-11-7-5-8-12-28)48-40(32)55-26-29-13-9-6-10-14-29/h5-17,23,31H,18-22,24-27H2,1-4H3. The summed E-state index contributed by atoms with van der Waals surface area (Å²) in [7, 11) is 1.59. The summed E-state index contributed by atoms with van der Waals surface area (Å²) in [5.74, 6) is -5.10. The molecular formula is C43H45F4N5O4. The number of likely N-dealkylation sites (tertiary alicyclic amines) is 1. The highest BCUT2D eigenvalue weighted by Crippen LogP contribution is 2.40. The van der Waals surface area contributed by atoms with Gasteiger partial charge in [0.15, 0.2) is 5.82 Å². The van der Waals surface area contributed by atoms with E-state index in [9.17, 15) is 4.79 Å². The van der Waals surface area contributed by atoms with Crippen molar-refractivity contribution in [2.45, 2.75) is 58.4 Å². The summed E-state index contributed by atoms with van der Waals surface area (Å²) in [5.41, 5.74) is 2.21. The average Bonchev–Trinajstić information content (AvgIpc) is 3.49. The summed E-state index contributed by atoms with van der Waals surface area (Å²) in [6, 6.07) is 23.9. The van der Waals surface area contributed by atoms with Crippen LogP contribution >= 0.6 is 0 Å². The molecule has 1 amide bonds. The van der Waals surface area contributed by atoms with Crippen LogP contribution in [-0.2, 0) is 25.0 Å². The first-order valence-electron chi connectivity index (χ1n) is 18.7. The molecule has 0 N–H and O–H groups in total. The zero-order chi connectivity index (χ0) is 39.6. The van der Waals surface area contributed by atoms with Gasteiger partial charge in [-0.05, 0) is 62.4 Å². The summed E-state index contributed by atoms with van der Waals surface area (Å²) < 4.78 is 82.0. The number of aryl methyl sites for hydroxylation is 1. The van der Waals surface area contributed by atoms with E-state index in [0.29, 0.717) is 29.3 Å². The van der Waals surface area contributed by atoms with Gasteiger partial charge in [0.05, 0.1) is 17.7 Å². The van der Waals surface area contributed by atoms with Gasteiger partial charge >= 0.3 is 6.09 Å². The zero-order valence-electron chi connectivity index (χ0n) is 31.9. The van der Waals surface area contributed by atoms with Crippen molar-refractivity contribution in [2.75, 3.05) is 32.7 Å². The highest BCUT2D eigenvalue weighted by atomic mass is 19.3. The van der Waals surface area contributed by atoms with Crippen LogP contribution in [-0.4, -0.2) is 74.9 Å². The summed E-state index contributed by atoms with van der Waals surface area (Å²) in [6.07, 6.45) is 1.33. The molecule has 1 saturated heterocycles. The van der Waals surface area contributed by atoms with E-state index in [4.69, 9.17) is 14.2 Å². The lowest BCUT2D eigenvalue weighted by Gasteiger charge is -2.41. The van der Waals surface area contributed by atoms with Crippen molar-refractivity contribution in [3.63, 3.8) is 0 Å². The molecule has 1 unspecified atom stereocenters. The van der Waals surface area contributed by atoms with Gasteiger partial charge in [-0.1, -0.05) is 66.7 Å². The maximum Gasteiger partial charge on any atom is 0.410 e. The fourth-order valence-corrected chi connectivity index (χ4v) is 7.21. The van der Waals surface area contributed by atoms with Gasteiger partial charge in [-0.15, -0.1) is 0 Å². The van der Waals surface area contributed by atoms with Gasteiger partial charge < -0.3 is 19.1 Å². The number of pyridine rings is 1. The Morgan fingerprint density at radius 3 is 2.23 bits per heavy atom. The molecule has 0 spiro atoms.